The summed E-state index contributed by atoms with van der Waals surface area (Å²) in [6.45, 7) is 6.38. The number of urea groups is 1. The highest BCUT2D eigenvalue weighted by molar-refractivity contribution is 5.91. The molecule has 5 rings (SSSR count). The Morgan fingerprint density at radius 2 is 1.97 bits per heavy atom. The van der Waals surface area contributed by atoms with Gasteiger partial charge in [0.25, 0.3) is 0 Å². The number of hydrogen-bond acceptors (Lipinski definition) is 6. The second-order valence-corrected chi connectivity index (χ2v) is 9.15. The molecule has 4 heterocycles. The molecule has 2 aromatic heterocycles. The molecule has 184 valence electrons. The molecule has 0 spiro atoms. The van der Waals surface area contributed by atoms with Gasteiger partial charge in [0.2, 0.25) is 0 Å². The van der Waals surface area contributed by atoms with Gasteiger partial charge in [-0.1, -0.05) is 6.07 Å². The summed E-state index contributed by atoms with van der Waals surface area (Å²) in [5.74, 6) is 0.918. The van der Waals surface area contributed by atoms with E-state index in [1.54, 1.807) is 16.7 Å². The van der Waals surface area contributed by atoms with Crippen LogP contribution in [-0.2, 0) is 16.5 Å². The number of nitrogens with zero attached hydrogens (tertiary/aromatic N) is 5. The second-order valence-electron chi connectivity index (χ2n) is 9.15. The Labute approximate surface area is 205 Å². The Bertz CT molecular complexity index is 1200. The molecule has 0 bridgehead atoms. The summed E-state index contributed by atoms with van der Waals surface area (Å²) in [4.78, 5) is 21.9. The lowest BCUT2D eigenvalue weighted by molar-refractivity contribution is 0.111. The number of carbonyl (C=O) groups is 1. The molecule has 2 amide bonds. The highest BCUT2D eigenvalue weighted by Gasteiger charge is 2.26. The minimum atomic E-state index is -0.0980. The lowest BCUT2D eigenvalue weighted by Crippen LogP contribution is -2.36. The van der Waals surface area contributed by atoms with Gasteiger partial charge in [0.15, 0.2) is 0 Å². The maximum absolute atomic E-state index is 12.8. The SMILES string of the molecule is CO[C@@H]1CCN(C(=O)Nc2ccc(C)c(-c3cc(-c4cnn(C)c4)nc(N4CCOCC4)c3)c2)C1. The van der Waals surface area contributed by atoms with E-state index in [2.05, 4.69) is 34.4 Å². The van der Waals surface area contributed by atoms with Crippen molar-refractivity contribution in [1.82, 2.24) is 19.7 Å². The average molecular weight is 477 g/mol. The smallest absolute Gasteiger partial charge is 0.321 e. The van der Waals surface area contributed by atoms with Crippen molar-refractivity contribution in [2.45, 2.75) is 19.4 Å². The Morgan fingerprint density at radius 3 is 2.69 bits per heavy atom. The Kier molecular flexibility index (Phi) is 6.70. The summed E-state index contributed by atoms with van der Waals surface area (Å²) in [5.41, 5.74) is 5.83. The van der Waals surface area contributed by atoms with Crippen molar-refractivity contribution in [3.63, 3.8) is 0 Å². The standard InChI is InChI=1S/C26H32N6O3/c1-18-4-5-21(28-26(33)32-7-6-22(17-32)34-3)14-23(18)19-12-24(20-15-27-30(2)16-20)29-25(13-19)31-8-10-35-11-9-31/h4-5,12-16,22H,6-11,17H2,1-3H3,(H,28,33)/t22-/m1/s1. The van der Waals surface area contributed by atoms with Crippen molar-refractivity contribution in [3.05, 3.63) is 48.3 Å². The van der Waals surface area contributed by atoms with Crippen LogP contribution in [-0.4, -0.2) is 78.3 Å². The van der Waals surface area contributed by atoms with Gasteiger partial charge in [-0.25, -0.2) is 9.78 Å². The number of morpholine rings is 1. The van der Waals surface area contributed by atoms with Gasteiger partial charge >= 0.3 is 6.03 Å². The van der Waals surface area contributed by atoms with Gasteiger partial charge in [-0.15, -0.1) is 0 Å². The monoisotopic (exact) mass is 476 g/mol. The zero-order valence-electron chi connectivity index (χ0n) is 20.5. The van der Waals surface area contributed by atoms with Gasteiger partial charge in [0, 0.05) is 57.8 Å². The fourth-order valence-corrected chi connectivity index (χ4v) is 4.65. The third-order valence-electron chi connectivity index (χ3n) is 6.71. The number of aryl methyl sites for hydroxylation is 2. The molecule has 1 atom stereocenters. The van der Waals surface area contributed by atoms with E-state index in [0.717, 1.165) is 59.0 Å². The van der Waals surface area contributed by atoms with Gasteiger partial charge in [0.05, 0.1) is 31.2 Å². The van der Waals surface area contributed by atoms with Gasteiger partial charge < -0.3 is 24.6 Å². The van der Waals surface area contributed by atoms with Crippen LogP contribution in [0.25, 0.3) is 22.4 Å². The quantitative estimate of drug-likeness (QED) is 0.606. The topological polar surface area (TPSA) is 84.8 Å². The fraction of sp³-hybridized carbons (Fsp3) is 0.423. The van der Waals surface area contributed by atoms with Crippen molar-refractivity contribution in [3.8, 4) is 22.4 Å². The third-order valence-corrected chi connectivity index (χ3v) is 6.71. The second kappa shape index (κ2) is 10.1. The van der Waals surface area contributed by atoms with Crippen LogP contribution in [0.4, 0.5) is 16.3 Å². The molecule has 2 aliphatic heterocycles. The first-order chi connectivity index (χ1) is 17.0. The molecule has 9 nitrogen and oxygen atoms in total. The molecule has 35 heavy (non-hydrogen) atoms. The van der Waals surface area contributed by atoms with Crippen LogP contribution in [0.5, 0.6) is 0 Å². The van der Waals surface area contributed by atoms with E-state index in [0.29, 0.717) is 26.3 Å². The number of likely N-dealkylation sites (tertiary alicyclic amines) is 1. The Balaban J connectivity index is 1.47. The molecule has 9 heteroatoms. The third kappa shape index (κ3) is 5.16. The van der Waals surface area contributed by atoms with E-state index >= 15 is 0 Å². The predicted octanol–water partition coefficient (Wildman–Crippen LogP) is 3.55. The number of aromatic nitrogens is 3. The number of amides is 2. The van der Waals surface area contributed by atoms with E-state index in [4.69, 9.17) is 14.5 Å². The number of benzene rings is 1. The number of rotatable bonds is 5. The first-order valence-corrected chi connectivity index (χ1v) is 12.0. The largest absolute Gasteiger partial charge is 0.380 e. The van der Waals surface area contributed by atoms with Crippen LogP contribution < -0.4 is 10.2 Å². The van der Waals surface area contributed by atoms with Gasteiger partial charge in [-0.2, -0.15) is 5.10 Å². The molecule has 2 fully saturated rings. The van der Waals surface area contributed by atoms with Crippen molar-refractivity contribution in [1.29, 1.82) is 0 Å². The lowest BCUT2D eigenvalue weighted by Gasteiger charge is -2.28. The number of ether oxygens (including phenoxy) is 2. The van der Waals surface area contributed by atoms with Gasteiger partial charge in [0.1, 0.15) is 5.82 Å². The molecule has 1 aromatic carbocycles. The predicted molar refractivity (Wildman–Crippen MR) is 136 cm³/mol. The number of carbonyl (C=O) groups excluding carboxylic acids is 1. The van der Waals surface area contributed by atoms with Gasteiger partial charge in [-0.05, 0) is 54.3 Å². The van der Waals surface area contributed by atoms with E-state index in [-0.39, 0.29) is 12.1 Å². The first-order valence-electron chi connectivity index (χ1n) is 12.0. The fourth-order valence-electron chi connectivity index (χ4n) is 4.65. The molecule has 2 aliphatic rings. The summed E-state index contributed by atoms with van der Waals surface area (Å²) < 4.78 is 12.7. The zero-order chi connectivity index (χ0) is 24.4. The lowest BCUT2D eigenvalue weighted by atomic mass is 9.98. The molecule has 2 saturated heterocycles. The molecule has 0 radical (unpaired) electrons. The van der Waals surface area contributed by atoms with E-state index in [1.165, 1.54) is 0 Å². The summed E-state index contributed by atoms with van der Waals surface area (Å²) in [5, 5.41) is 7.40. The normalized spacial score (nSPS) is 18.2. The zero-order valence-corrected chi connectivity index (χ0v) is 20.5. The van der Waals surface area contributed by atoms with Crippen LogP contribution in [0, 0.1) is 6.92 Å². The maximum atomic E-state index is 12.8. The van der Waals surface area contributed by atoms with Crippen molar-refractivity contribution in [2.24, 2.45) is 7.05 Å². The molecule has 0 saturated carbocycles. The summed E-state index contributed by atoms with van der Waals surface area (Å²) >= 11 is 0. The Hall–Kier alpha value is -3.43. The Morgan fingerprint density at radius 1 is 1.14 bits per heavy atom. The molecular weight excluding hydrogens is 444 g/mol. The van der Waals surface area contributed by atoms with Gasteiger partial charge in [-0.3, -0.25) is 4.68 Å². The molecular formula is C26H32N6O3. The van der Waals surface area contributed by atoms with Crippen LogP contribution in [0.1, 0.15) is 12.0 Å². The molecule has 0 aliphatic carbocycles. The van der Waals surface area contributed by atoms with Crippen molar-refractivity contribution >= 4 is 17.5 Å². The highest BCUT2D eigenvalue weighted by Crippen LogP contribution is 2.33. The first kappa shape index (κ1) is 23.3. The van der Waals surface area contributed by atoms with Crippen LogP contribution in [0.15, 0.2) is 42.7 Å². The van der Waals surface area contributed by atoms with E-state index in [9.17, 15) is 4.79 Å². The molecule has 3 aromatic rings. The van der Waals surface area contributed by atoms with E-state index < -0.39 is 0 Å². The molecule has 1 N–H and O–H groups in total. The summed E-state index contributed by atoms with van der Waals surface area (Å²) in [6, 6.07) is 10.2. The minimum Gasteiger partial charge on any atom is -0.380 e. The summed E-state index contributed by atoms with van der Waals surface area (Å²) in [7, 11) is 3.60. The highest BCUT2D eigenvalue weighted by atomic mass is 16.5. The average Bonchev–Trinajstić information content (AvgIpc) is 3.55. The summed E-state index contributed by atoms with van der Waals surface area (Å²) in [6.07, 6.45) is 4.78. The molecule has 0 unspecified atom stereocenters. The number of anilines is 2. The minimum absolute atomic E-state index is 0.0980. The number of methoxy groups -OCH3 is 1. The maximum Gasteiger partial charge on any atom is 0.321 e. The van der Waals surface area contributed by atoms with E-state index in [1.807, 2.05) is 37.6 Å². The number of hydrogen-bond donors (Lipinski definition) is 1. The van der Waals surface area contributed by atoms with Crippen LogP contribution in [0.3, 0.4) is 0 Å². The van der Waals surface area contributed by atoms with Crippen molar-refractivity contribution < 1.29 is 14.3 Å². The van der Waals surface area contributed by atoms with Crippen LogP contribution in [0.2, 0.25) is 0 Å². The van der Waals surface area contributed by atoms with Crippen molar-refractivity contribution in [2.75, 3.05) is 56.7 Å². The van der Waals surface area contributed by atoms with Crippen LogP contribution >= 0.6 is 0 Å². The number of pyridine rings is 1. The number of nitrogens with one attached hydrogen (secondary N) is 1.